The number of aromatic nitrogens is 2. The molecule has 0 spiro atoms. The van der Waals surface area contributed by atoms with Crippen molar-refractivity contribution in [3.63, 3.8) is 0 Å². The first-order valence-electron chi connectivity index (χ1n) is 5.90. The molecule has 0 bridgehead atoms. The summed E-state index contributed by atoms with van der Waals surface area (Å²) in [5.74, 6) is -1.87. The number of fused-ring (bicyclic) bond motifs is 1. The molecule has 6 heteroatoms. The maximum atomic E-state index is 13.6. The normalized spacial score (nSPS) is 14.3. The van der Waals surface area contributed by atoms with Crippen LogP contribution in [0.4, 0.5) is 8.78 Å². The minimum atomic E-state index is -1.10. The number of imidazole rings is 1. The van der Waals surface area contributed by atoms with Crippen LogP contribution in [0.25, 0.3) is 0 Å². The number of halogens is 2. The Hall–Kier alpha value is -2.24. The highest BCUT2D eigenvalue weighted by atomic mass is 19.2. The van der Waals surface area contributed by atoms with E-state index in [1.54, 1.807) is 6.20 Å². The zero-order chi connectivity index (χ0) is 13.4. The van der Waals surface area contributed by atoms with Crippen molar-refractivity contribution >= 4 is 5.91 Å². The van der Waals surface area contributed by atoms with E-state index < -0.39 is 17.5 Å². The molecule has 0 unspecified atom stereocenters. The summed E-state index contributed by atoms with van der Waals surface area (Å²) < 4.78 is 28.7. The average molecular weight is 263 g/mol. The van der Waals surface area contributed by atoms with Gasteiger partial charge in [-0.05, 0) is 12.1 Å². The molecule has 4 nitrogen and oxygen atoms in total. The van der Waals surface area contributed by atoms with Crippen molar-refractivity contribution in [3.05, 3.63) is 53.6 Å². The largest absolute Gasteiger partial charge is 0.332 e. The predicted octanol–water partition coefficient (Wildman–Crippen LogP) is 1.82. The maximum absolute atomic E-state index is 13.6. The molecule has 1 aliphatic heterocycles. The zero-order valence-corrected chi connectivity index (χ0v) is 10.0. The van der Waals surface area contributed by atoms with Gasteiger partial charge in [0.25, 0.3) is 5.91 Å². The minimum Gasteiger partial charge on any atom is -0.332 e. The van der Waals surface area contributed by atoms with Gasteiger partial charge >= 0.3 is 0 Å². The zero-order valence-electron chi connectivity index (χ0n) is 10.0. The highest BCUT2D eigenvalue weighted by Gasteiger charge is 2.25. The molecule has 0 saturated carbocycles. The van der Waals surface area contributed by atoms with Crippen LogP contribution >= 0.6 is 0 Å². The fourth-order valence-corrected chi connectivity index (χ4v) is 2.19. The van der Waals surface area contributed by atoms with E-state index in [0.29, 0.717) is 19.6 Å². The van der Waals surface area contributed by atoms with E-state index in [4.69, 9.17) is 0 Å². The van der Waals surface area contributed by atoms with Crippen LogP contribution in [0.1, 0.15) is 16.2 Å². The van der Waals surface area contributed by atoms with Gasteiger partial charge in [-0.3, -0.25) is 4.79 Å². The van der Waals surface area contributed by atoms with E-state index in [0.717, 1.165) is 11.9 Å². The topological polar surface area (TPSA) is 38.1 Å². The van der Waals surface area contributed by atoms with Crippen molar-refractivity contribution < 1.29 is 13.6 Å². The Morgan fingerprint density at radius 1 is 1.26 bits per heavy atom. The summed E-state index contributed by atoms with van der Waals surface area (Å²) in [7, 11) is 0. The van der Waals surface area contributed by atoms with E-state index in [2.05, 4.69) is 4.98 Å². The van der Waals surface area contributed by atoms with Gasteiger partial charge < -0.3 is 9.47 Å². The van der Waals surface area contributed by atoms with Gasteiger partial charge in [-0.1, -0.05) is 6.07 Å². The number of carbonyl (C=O) groups excluding carboxylic acids is 1. The van der Waals surface area contributed by atoms with E-state index >= 15 is 0 Å². The van der Waals surface area contributed by atoms with Crippen LogP contribution in [0.5, 0.6) is 0 Å². The van der Waals surface area contributed by atoms with Crippen molar-refractivity contribution in [2.75, 3.05) is 6.54 Å². The van der Waals surface area contributed by atoms with Gasteiger partial charge in [0.1, 0.15) is 5.82 Å². The second-order valence-corrected chi connectivity index (χ2v) is 4.36. The average Bonchev–Trinajstić information content (AvgIpc) is 2.88. The number of rotatable bonds is 1. The van der Waals surface area contributed by atoms with Crippen LogP contribution in [0.15, 0.2) is 30.6 Å². The number of hydrogen-bond donors (Lipinski definition) is 0. The summed E-state index contributed by atoms with van der Waals surface area (Å²) in [5, 5.41) is 0. The molecule has 0 atom stereocenters. The predicted molar refractivity (Wildman–Crippen MR) is 63.3 cm³/mol. The summed E-state index contributed by atoms with van der Waals surface area (Å²) in [6, 6.07) is 3.62. The van der Waals surface area contributed by atoms with Gasteiger partial charge in [0, 0.05) is 25.5 Å². The molecule has 0 aliphatic carbocycles. The third-order valence-electron chi connectivity index (χ3n) is 3.21. The second kappa shape index (κ2) is 4.46. The van der Waals surface area contributed by atoms with Gasteiger partial charge in [-0.15, -0.1) is 0 Å². The standard InChI is InChI=1S/C13H11F2N3O/c14-10-3-1-2-9(12(10)15)13(19)18-7-6-17-5-4-16-11(17)8-18/h1-5H,6-8H2. The molecule has 0 radical (unpaired) electrons. The van der Waals surface area contributed by atoms with Gasteiger partial charge in [-0.25, -0.2) is 13.8 Å². The summed E-state index contributed by atoms with van der Waals surface area (Å²) >= 11 is 0. The molecule has 1 amide bonds. The van der Waals surface area contributed by atoms with Crippen LogP contribution in [0.3, 0.4) is 0 Å². The lowest BCUT2D eigenvalue weighted by atomic mass is 10.1. The Kier molecular flexibility index (Phi) is 2.77. The van der Waals surface area contributed by atoms with Crippen LogP contribution in [-0.4, -0.2) is 26.9 Å². The van der Waals surface area contributed by atoms with Crippen LogP contribution in [0, 0.1) is 11.6 Å². The fraction of sp³-hybridized carbons (Fsp3) is 0.231. The first kappa shape index (κ1) is 11.8. The van der Waals surface area contributed by atoms with Gasteiger partial charge in [0.05, 0.1) is 12.1 Å². The van der Waals surface area contributed by atoms with E-state index in [1.165, 1.54) is 17.0 Å². The molecule has 0 saturated heterocycles. The highest BCUT2D eigenvalue weighted by Crippen LogP contribution is 2.17. The second-order valence-electron chi connectivity index (χ2n) is 4.36. The van der Waals surface area contributed by atoms with E-state index in [1.807, 2.05) is 10.8 Å². The third-order valence-corrected chi connectivity index (χ3v) is 3.21. The molecule has 0 fully saturated rings. The summed E-state index contributed by atoms with van der Waals surface area (Å²) in [6.45, 7) is 1.37. The van der Waals surface area contributed by atoms with E-state index in [9.17, 15) is 13.6 Å². The number of nitrogens with zero attached hydrogens (tertiary/aromatic N) is 3. The monoisotopic (exact) mass is 263 g/mol. The van der Waals surface area contributed by atoms with Crippen LogP contribution in [-0.2, 0) is 13.1 Å². The highest BCUT2D eigenvalue weighted by molar-refractivity contribution is 5.94. The minimum absolute atomic E-state index is 0.236. The quantitative estimate of drug-likeness (QED) is 0.787. The number of amides is 1. The lowest BCUT2D eigenvalue weighted by Crippen LogP contribution is -2.38. The lowest BCUT2D eigenvalue weighted by molar-refractivity contribution is 0.0701. The molecule has 1 aromatic carbocycles. The molecule has 1 aromatic heterocycles. The molecular formula is C13H11F2N3O. The summed E-state index contributed by atoms with van der Waals surface area (Å²) in [5.41, 5.74) is -0.236. The molecule has 2 heterocycles. The lowest BCUT2D eigenvalue weighted by Gasteiger charge is -2.27. The molecular weight excluding hydrogens is 252 g/mol. The maximum Gasteiger partial charge on any atom is 0.257 e. The summed E-state index contributed by atoms with van der Waals surface area (Å²) in [6.07, 6.45) is 3.49. The first-order valence-corrected chi connectivity index (χ1v) is 5.90. The Morgan fingerprint density at radius 3 is 2.95 bits per heavy atom. The Labute approximate surface area is 108 Å². The summed E-state index contributed by atoms with van der Waals surface area (Å²) in [4.78, 5) is 17.8. The Balaban J connectivity index is 1.88. The Bertz CT molecular complexity index is 639. The smallest absolute Gasteiger partial charge is 0.257 e. The van der Waals surface area contributed by atoms with Crippen LogP contribution < -0.4 is 0 Å². The number of benzene rings is 1. The SMILES string of the molecule is O=C(c1cccc(F)c1F)N1CCn2ccnc2C1. The van der Waals surface area contributed by atoms with Crippen molar-refractivity contribution in [1.82, 2.24) is 14.5 Å². The fourth-order valence-electron chi connectivity index (χ4n) is 2.19. The molecule has 0 N–H and O–H groups in total. The van der Waals surface area contributed by atoms with Crippen molar-refractivity contribution in [2.45, 2.75) is 13.1 Å². The van der Waals surface area contributed by atoms with Crippen LogP contribution in [0.2, 0.25) is 0 Å². The van der Waals surface area contributed by atoms with Crippen molar-refractivity contribution in [2.24, 2.45) is 0 Å². The Morgan fingerprint density at radius 2 is 2.11 bits per heavy atom. The van der Waals surface area contributed by atoms with Gasteiger partial charge in [0.2, 0.25) is 0 Å². The third kappa shape index (κ3) is 1.99. The molecule has 1 aliphatic rings. The number of carbonyl (C=O) groups is 1. The van der Waals surface area contributed by atoms with Gasteiger partial charge in [0.15, 0.2) is 11.6 Å². The van der Waals surface area contributed by atoms with Crippen molar-refractivity contribution in [1.29, 1.82) is 0 Å². The van der Waals surface area contributed by atoms with Gasteiger partial charge in [-0.2, -0.15) is 0 Å². The van der Waals surface area contributed by atoms with Crippen molar-refractivity contribution in [3.8, 4) is 0 Å². The molecule has 19 heavy (non-hydrogen) atoms. The molecule has 3 rings (SSSR count). The number of hydrogen-bond acceptors (Lipinski definition) is 2. The molecule has 98 valence electrons. The van der Waals surface area contributed by atoms with E-state index in [-0.39, 0.29) is 5.56 Å². The molecule has 2 aromatic rings. The first-order chi connectivity index (χ1) is 9.16.